The number of pyridine rings is 1. The maximum Gasteiger partial charge on any atom is 0.124 e. The molecule has 0 aliphatic carbocycles. The molecule has 0 spiro atoms. The van der Waals surface area contributed by atoms with Crippen molar-refractivity contribution in [3.8, 4) is 0 Å². The zero-order valence-electron chi connectivity index (χ0n) is 7.45. The van der Waals surface area contributed by atoms with E-state index in [9.17, 15) is 0 Å². The minimum Gasteiger partial charge on any atom is -0.384 e. The monoisotopic (exact) mass is 182 g/mol. The fourth-order valence-electron chi connectivity index (χ4n) is 0.781. The van der Waals surface area contributed by atoms with Gasteiger partial charge in [0, 0.05) is 16.8 Å². The van der Waals surface area contributed by atoms with Gasteiger partial charge >= 0.3 is 0 Å². The van der Waals surface area contributed by atoms with Gasteiger partial charge in [-0.25, -0.2) is 4.98 Å². The second-order valence-corrected chi connectivity index (χ2v) is 4.21. The number of nitrogen functional groups attached to an aromatic ring is 1. The summed E-state index contributed by atoms with van der Waals surface area (Å²) in [6.07, 6.45) is 1.75. The molecule has 1 rings (SSSR count). The van der Waals surface area contributed by atoms with Crippen LogP contribution in [0.2, 0.25) is 0 Å². The molecule has 0 bridgehead atoms. The summed E-state index contributed by atoms with van der Waals surface area (Å²) in [5.41, 5.74) is 5.54. The number of rotatable bonds is 3. The molecular weight excluding hydrogens is 168 g/mol. The third kappa shape index (κ3) is 3.13. The van der Waals surface area contributed by atoms with Gasteiger partial charge in [0.15, 0.2) is 0 Å². The summed E-state index contributed by atoms with van der Waals surface area (Å²) in [6, 6.07) is 3.90. The van der Waals surface area contributed by atoms with Crippen LogP contribution in [0, 0.1) is 5.92 Å². The third-order valence-corrected chi connectivity index (χ3v) is 2.76. The average molecular weight is 182 g/mol. The Hall–Kier alpha value is -0.700. The van der Waals surface area contributed by atoms with Crippen LogP contribution < -0.4 is 5.73 Å². The van der Waals surface area contributed by atoms with Gasteiger partial charge in [0.2, 0.25) is 0 Å². The highest BCUT2D eigenvalue weighted by Crippen LogP contribution is 2.20. The lowest BCUT2D eigenvalue weighted by molar-refractivity contribution is 0.750. The van der Waals surface area contributed by atoms with Gasteiger partial charge in [0.05, 0.1) is 0 Å². The standard InChI is InChI=1S/C9H14N2S/c1-7(2)6-12-8-3-4-11-9(10)5-8/h3-5,7H,6H2,1-2H3,(H2,10,11). The Morgan fingerprint density at radius 2 is 2.33 bits per heavy atom. The van der Waals surface area contributed by atoms with E-state index in [1.165, 1.54) is 4.90 Å². The van der Waals surface area contributed by atoms with Crippen LogP contribution in [0.3, 0.4) is 0 Å². The van der Waals surface area contributed by atoms with Gasteiger partial charge in [0.1, 0.15) is 5.82 Å². The predicted molar refractivity (Wildman–Crippen MR) is 54.2 cm³/mol. The van der Waals surface area contributed by atoms with E-state index in [1.807, 2.05) is 23.9 Å². The normalized spacial score (nSPS) is 10.6. The molecule has 0 aromatic carbocycles. The van der Waals surface area contributed by atoms with Gasteiger partial charge in [-0.3, -0.25) is 0 Å². The fraction of sp³-hybridized carbons (Fsp3) is 0.444. The summed E-state index contributed by atoms with van der Waals surface area (Å²) in [5.74, 6) is 2.44. The summed E-state index contributed by atoms with van der Waals surface area (Å²) in [4.78, 5) is 5.14. The van der Waals surface area contributed by atoms with E-state index in [1.54, 1.807) is 6.20 Å². The predicted octanol–water partition coefficient (Wildman–Crippen LogP) is 2.41. The van der Waals surface area contributed by atoms with Crippen LogP contribution >= 0.6 is 11.8 Å². The molecule has 0 radical (unpaired) electrons. The van der Waals surface area contributed by atoms with Crippen molar-refractivity contribution in [3.63, 3.8) is 0 Å². The van der Waals surface area contributed by atoms with E-state index in [-0.39, 0.29) is 0 Å². The van der Waals surface area contributed by atoms with E-state index >= 15 is 0 Å². The molecule has 0 fully saturated rings. The Balaban J connectivity index is 2.52. The molecule has 1 aromatic rings. The number of thioether (sulfide) groups is 1. The van der Waals surface area contributed by atoms with Gasteiger partial charge in [-0.2, -0.15) is 0 Å². The van der Waals surface area contributed by atoms with E-state index in [0.717, 1.165) is 5.75 Å². The number of anilines is 1. The second kappa shape index (κ2) is 4.36. The van der Waals surface area contributed by atoms with E-state index in [4.69, 9.17) is 5.73 Å². The van der Waals surface area contributed by atoms with Crippen LogP contribution in [0.5, 0.6) is 0 Å². The van der Waals surface area contributed by atoms with Crippen molar-refractivity contribution in [2.24, 2.45) is 5.92 Å². The molecule has 0 saturated carbocycles. The lowest BCUT2D eigenvalue weighted by Crippen LogP contribution is -1.92. The topological polar surface area (TPSA) is 38.9 Å². The number of nitrogens with two attached hydrogens (primary N) is 1. The Morgan fingerprint density at radius 1 is 1.58 bits per heavy atom. The summed E-state index contributed by atoms with van der Waals surface area (Å²) in [7, 11) is 0. The van der Waals surface area contributed by atoms with Crippen LogP contribution in [0.4, 0.5) is 5.82 Å². The van der Waals surface area contributed by atoms with Crippen LogP contribution in [-0.2, 0) is 0 Å². The van der Waals surface area contributed by atoms with Crippen molar-refractivity contribution in [2.45, 2.75) is 18.7 Å². The molecule has 2 N–H and O–H groups in total. The van der Waals surface area contributed by atoms with Gasteiger partial charge in [0.25, 0.3) is 0 Å². The van der Waals surface area contributed by atoms with Crippen LogP contribution in [0.15, 0.2) is 23.2 Å². The van der Waals surface area contributed by atoms with Crippen molar-refractivity contribution >= 4 is 17.6 Å². The highest BCUT2D eigenvalue weighted by atomic mass is 32.2. The molecule has 0 amide bonds. The van der Waals surface area contributed by atoms with Crippen molar-refractivity contribution in [1.29, 1.82) is 0 Å². The highest BCUT2D eigenvalue weighted by Gasteiger charge is 1.97. The summed E-state index contributed by atoms with van der Waals surface area (Å²) in [6.45, 7) is 4.41. The summed E-state index contributed by atoms with van der Waals surface area (Å²) >= 11 is 1.82. The molecule has 0 atom stereocenters. The third-order valence-electron chi connectivity index (χ3n) is 1.34. The highest BCUT2D eigenvalue weighted by molar-refractivity contribution is 7.99. The molecule has 0 aliphatic rings. The van der Waals surface area contributed by atoms with Gasteiger partial charge < -0.3 is 5.73 Å². The fourth-order valence-corrected chi connectivity index (χ4v) is 1.67. The lowest BCUT2D eigenvalue weighted by Gasteiger charge is -2.03. The second-order valence-electron chi connectivity index (χ2n) is 3.12. The molecule has 1 heterocycles. The zero-order valence-corrected chi connectivity index (χ0v) is 8.27. The van der Waals surface area contributed by atoms with Crippen molar-refractivity contribution in [1.82, 2.24) is 4.98 Å². The maximum absolute atomic E-state index is 5.54. The average Bonchev–Trinajstić information content (AvgIpc) is 2.01. The molecule has 2 nitrogen and oxygen atoms in total. The smallest absolute Gasteiger partial charge is 0.124 e. The molecule has 0 unspecified atom stereocenters. The largest absolute Gasteiger partial charge is 0.384 e. The molecule has 12 heavy (non-hydrogen) atoms. The number of nitrogens with zero attached hydrogens (tertiary/aromatic N) is 1. The molecule has 66 valence electrons. The number of hydrogen-bond acceptors (Lipinski definition) is 3. The van der Waals surface area contributed by atoms with Crippen molar-refractivity contribution in [2.75, 3.05) is 11.5 Å². The number of aromatic nitrogens is 1. The molecular formula is C9H14N2S. The minimum atomic E-state index is 0.601. The lowest BCUT2D eigenvalue weighted by atomic mass is 10.3. The van der Waals surface area contributed by atoms with Crippen LogP contribution in [-0.4, -0.2) is 10.7 Å². The Kier molecular flexibility index (Phi) is 3.41. The maximum atomic E-state index is 5.54. The Morgan fingerprint density at radius 3 is 2.92 bits per heavy atom. The van der Waals surface area contributed by atoms with E-state index in [0.29, 0.717) is 11.7 Å². The Bertz CT molecular complexity index is 248. The Labute approximate surface area is 77.6 Å². The molecule has 3 heteroatoms. The molecule has 1 aromatic heterocycles. The molecule has 0 aliphatic heterocycles. The van der Waals surface area contributed by atoms with Crippen molar-refractivity contribution < 1.29 is 0 Å². The first-order chi connectivity index (χ1) is 5.68. The van der Waals surface area contributed by atoms with Gasteiger partial charge in [-0.1, -0.05) is 13.8 Å². The van der Waals surface area contributed by atoms with Crippen LogP contribution in [0.1, 0.15) is 13.8 Å². The molecule has 0 saturated heterocycles. The first-order valence-electron chi connectivity index (χ1n) is 4.03. The van der Waals surface area contributed by atoms with Gasteiger partial charge in [-0.05, 0) is 18.1 Å². The SMILES string of the molecule is CC(C)CSc1ccnc(N)c1. The zero-order chi connectivity index (χ0) is 8.97. The van der Waals surface area contributed by atoms with E-state index in [2.05, 4.69) is 18.8 Å². The van der Waals surface area contributed by atoms with E-state index < -0.39 is 0 Å². The first-order valence-corrected chi connectivity index (χ1v) is 5.01. The van der Waals surface area contributed by atoms with Gasteiger partial charge in [-0.15, -0.1) is 11.8 Å². The van der Waals surface area contributed by atoms with Crippen LogP contribution in [0.25, 0.3) is 0 Å². The minimum absolute atomic E-state index is 0.601. The summed E-state index contributed by atoms with van der Waals surface area (Å²) in [5, 5.41) is 0. The summed E-state index contributed by atoms with van der Waals surface area (Å²) < 4.78 is 0. The quantitative estimate of drug-likeness (QED) is 0.730. The number of hydrogen-bond donors (Lipinski definition) is 1. The first kappa shape index (κ1) is 9.39. The van der Waals surface area contributed by atoms with Crippen molar-refractivity contribution in [3.05, 3.63) is 18.3 Å².